The molecule has 1 aliphatic heterocycles. The van der Waals surface area contributed by atoms with E-state index in [4.69, 9.17) is 13.9 Å². The maximum absolute atomic E-state index is 13.8. The number of nitrogens with zero attached hydrogens (tertiary/aromatic N) is 1. The second-order valence-corrected chi connectivity index (χ2v) is 8.93. The van der Waals surface area contributed by atoms with Crippen LogP contribution >= 0.6 is 0 Å². The Hall–Kier alpha value is -4.52. The van der Waals surface area contributed by atoms with Crippen LogP contribution in [0.1, 0.15) is 40.2 Å². The Balaban J connectivity index is 1.69. The van der Waals surface area contributed by atoms with Crippen LogP contribution in [0.3, 0.4) is 0 Å². The van der Waals surface area contributed by atoms with Gasteiger partial charge >= 0.3 is 0 Å². The van der Waals surface area contributed by atoms with Crippen LogP contribution < -0.4 is 14.4 Å². The molecule has 2 heterocycles. The Kier molecular flexibility index (Phi) is 6.21. The molecule has 0 aliphatic carbocycles. The molecule has 0 bridgehead atoms. The van der Waals surface area contributed by atoms with Crippen LogP contribution in [0.25, 0.3) is 11.0 Å². The predicted octanol–water partition coefficient (Wildman–Crippen LogP) is 6.24. The summed E-state index contributed by atoms with van der Waals surface area (Å²) in [6.45, 7) is 6.18. The number of Topliss-reactive ketones (excluding diaryl/α,β-unsaturated/α-hetero) is 1. The molecule has 188 valence electrons. The lowest BCUT2D eigenvalue weighted by Crippen LogP contribution is -2.31. The van der Waals surface area contributed by atoms with E-state index in [-0.39, 0.29) is 11.3 Å². The van der Waals surface area contributed by atoms with Crippen molar-refractivity contribution in [2.45, 2.75) is 26.8 Å². The number of aryl methyl sites for hydroxylation is 2. The molecule has 3 aromatic carbocycles. The first-order chi connectivity index (χ1) is 17.8. The van der Waals surface area contributed by atoms with Gasteiger partial charge in [-0.1, -0.05) is 30.3 Å². The quantitative estimate of drug-likeness (QED) is 0.304. The van der Waals surface area contributed by atoms with Gasteiger partial charge < -0.3 is 19.0 Å². The molecule has 7 heteroatoms. The highest BCUT2D eigenvalue weighted by Gasteiger charge is 2.45. The van der Waals surface area contributed by atoms with Gasteiger partial charge in [-0.15, -0.1) is 0 Å². The Morgan fingerprint density at radius 2 is 1.78 bits per heavy atom. The van der Waals surface area contributed by atoms with Gasteiger partial charge in [-0.05, 0) is 73.9 Å². The number of ketones is 1. The van der Waals surface area contributed by atoms with Crippen molar-refractivity contribution in [2.75, 3.05) is 18.6 Å². The molecular formula is C30H27NO6. The first-order valence-electron chi connectivity index (χ1n) is 12.0. The van der Waals surface area contributed by atoms with E-state index in [1.54, 1.807) is 37.4 Å². The third-order valence-corrected chi connectivity index (χ3v) is 6.67. The smallest absolute Gasteiger partial charge is 0.294 e. The summed E-state index contributed by atoms with van der Waals surface area (Å²) in [4.78, 5) is 28.8. The molecule has 0 saturated carbocycles. The number of furan rings is 1. The largest absolute Gasteiger partial charge is 0.503 e. The number of amides is 1. The van der Waals surface area contributed by atoms with Crippen molar-refractivity contribution in [2.24, 2.45) is 0 Å². The minimum atomic E-state index is -0.916. The molecule has 1 amide bonds. The zero-order valence-electron chi connectivity index (χ0n) is 21.1. The zero-order valence-corrected chi connectivity index (χ0v) is 21.1. The highest BCUT2D eigenvalue weighted by molar-refractivity contribution is 6.20. The number of para-hydroxylation sites is 1. The van der Waals surface area contributed by atoms with Crippen molar-refractivity contribution in [3.8, 4) is 11.5 Å². The highest BCUT2D eigenvalue weighted by atomic mass is 16.5. The second kappa shape index (κ2) is 9.50. The Morgan fingerprint density at radius 1 is 1.00 bits per heavy atom. The normalized spacial score (nSPS) is 15.5. The van der Waals surface area contributed by atoms with E-state index < -0.39 is 23.5 Å². The van der Waals surface area contributed by atoms with Gasteiger partial charge in [-0.25, -0.2) is 0 Å². The summed E-state index contributed by atoms with van der Waals surface area (Å²) >= 11 is 0. The number of ether oxygens (including phenoxy) is 2. The van der Waals surface area contributed by atoms with E-state index >= 15 is 0 Å². The number of benzene rings is 3. The van der Waals surface area contributed by atoms with Crippen LogP contribution in [0.2, 0.25) is 0 Å². The van der Waals surface area contributed by atoms with Crippen molar-refractivity contribution >= 4 is 28.3 Å². The van der Waals surface area contributed by atoms with Gasteiger partial charge in [0, 0.05) is 11.1 Å². The average Bonchev–Trinajstić information content (AvgIpc) is 3.44. The van der Waals surface area contributed by atoms with Crippen LogP contribution in [-0.4, -0.2) is 30.5 Å². The van der Waals surface area contributed by atoms with Gasteiger partial charge in [0.1, 0.15) is 5.58 Å². The number of methoxy groups -OCH3 is 1. The summed E-state index contributed by atoms with van der Waals surface area (Å²) in [5, 5.41) is 11.8. The maximum Gasteiger partial charge on any atom is 0.294 e. The van der Waals surface area contributed by atoms with Crippen LogP contribution in [0.5, 0.6) is 11.5 Å². The van der Waals surface area contributed by atoms with Gasteiger partial charge in [-0.2, -0.15) is 0 Å². The fraction of sp³-hybridized carbons (Fsp3) is 0.200. The van der Waals surface area contributed by atoms with Gasteiger partial charge in [-0.3, -0.25) is 14.5 Å². The molecule has 5 rings (SSSR count). The van der Waals surface area contributed by atoms with Crippen molar-refractivity contribution in [1.82, 2.24) is 0 Å². The minimum absolute atomic E-state index is 0.0426. The Morgan fingerprint density at radius 3 is 2.49 bits per heavy atom. The molecule has 1 aromatic heterocycles. The molecule has 0 spiro atoms. The van der Waals surface area contributed by atoms with E-state index in [1.807, 2.05) is 57.2 Å². The molecule has 0 radical (unpaired) electrons. The van der Waals surface area contributed by atoms with Crippen molar-refractivity contribution < 1.29 is 28.6 Å². The number of carbonyl (C=O) groups excluding carboxylic acids is 2. The van der Waals surface area contributed by atoms with Crippen molar-refractivity contribution in [3.05, 3.63) is 101 Å². The average molecular weight is 498 g/mol. The number of anilines is 1. The van der Waals surface area contributed by atoms with Gasteiger partial charge in [0.05, 0.1) is 25.3 Å². The molecule has 0 saturated heterocycles. The zero-order chi connectivity index (χ0) is 26.3. The van der Waals surface area contributed by atoms with Gasteiger partial charge in [0.25, 0.3) is 5.91 Å². The summed E-state index contributed by atoms with van der Waals surface area (Å²) in [6, 6.07) is 18.8. The third kappa shape index (κ3) is 4.12. The molecule has 1 atom stereocenters. The summed E-state index contributed by atoms with van der Waals surface area (Å²) in [5.74, 6) is -0.805. The van der Waals surface area contributed by atoms with E-state index in [2.05, 4.69) is 0 Å². The standard InChI is InChI=1S/C30H27NO6/c1-5-36-24-16-20(11-13-23(24)35-4)27-26(28(32)25-15-19-8-6-7-9-22(19)37-25)29(33)30(34)31(27)21-12-10-17(2)18(3)14-21/h6-16,27,33H,5H2,1-4H3. The summed E-state index contributed by atoms with van der Waals surface area (Å²) < 4.78 is 17.0. The Labute approximate surface area is 214 Å². The Bertz CT molecular complexity index is 1530. The fourth-order valence-corrected chi connectivity index (χ4v) is 4.65. The third-order valence-electron chi connectivity index (χ3n) is 6.67. The van der Waals surface area contributed by atoms with Crippen molar-refractivity contribution in [1.29, 1.82) is 0 Å². The van der Waals surface area contributed by atoms with Gasteiger partial charge in [0.15, 0.2) is 23.0 Å². The number of hydrogen-bond donors (Lipinski definition) is 1. The fourth-order valence-electron chi connectivity index (χ4n) is 4.65. The molecule has 1 unspecified atom stereocenters. The first-order valence-corrected chi connectivity index (χ1v) is 12.0. The topological polar surface area (TPSA) is 89.2 Å². The van der Waals surface area contributed by atoms with E-state index in [0.29, 0.717) is 34.9 Å². The molecule has 0 fully saturated rings. The van der Waals surface area contributed by atoms with Crippen LogP contribution in [0, 0.1) is 13.8 Å². The lowest BCUT2D eigenvalue weighted by molar-refractivity contribution is -0.117. The number of carbonyl (C=O) groups is 2. The predicted molar refractivity (Wildman–Crippen MR) is 141 cm³/mol. The van der Waals surface area contributed by atoms with E-state index in [0.717, 1.165) is 16.5 Å². The molecule has 4 aromatic rings. The van der Waals surface area contributed by atoms with Crippen LogP contribution in [-0.2, 0) is 4.79 Å². The molecule has 1 N–H and O–H groups in total. The molecule has 7 nitrogen and oxygen atoms in total. The van der Waals surface area contributed by atoms with Crippen LogP contribution in [0.15, 0.2) is 82.5 Å². The molecule has 37 heavy (non-hydrogen) atoms. The number of aliphatic hydroxyl groups is 1. The summed E-state index contributed by atoms with van der Waals surface area (Å²) in [7, 11) is 1.54. The second-order valence-electron chi connectivity index (χ2n) is 8.93. The lowest BCUT2D eigenvalue weighted by atomic mass is 9.94. The van der Waals surface area contributed by atoms with Crippen molar-refractivity contribution in [3.63, 3.8) is 0 Å². The summed E-state index contributed by atoms with van der Waals surface area (Å²) in [6.07, 6.45) is 0. The monoisotopic (exact) mass is 497 g/mol. The summed E-state index contributed by atoms with van der Waals surface area (Å²) in [5.41, 5.74) is 3.66. The lowest BCUT2D eigenvalue weighted by Gasteiger charge is -2.28. The SMILES string of the molecule is CCOc1cc(C2C(C(=O)c3cc4ccccc4o3)=C(O)C(=O)N2c2ccc(C)c(C)c2)ccc1OC. The number of hydrogen-bond acceptors (Lipinski definition) is 6. The van der Waals surface area contributed by atoms with E-state index in [9.17, 15) is 14.7 Å². The first kappa shape index (κ1) is 24.2. The van der Waals surface area contributed by atoms with E-state index in [1.165, 1.54) is 4.90 Å². The molecule has 1 aliphatic rings. The maximum atomic E-state index is 13.8. The number of fused-ring (bicyclic) bond motifs is 1. The number of rotatable bonds is 7. The van der Waals surface area contributed by atoms with Crippen LogP contribution in [0.4, 0.5) is 5.69 Å². The number of aliphatic hydroxyl groups excluding tert-OH is 1. The highest BCUT2D eigenvalue weighted by Crippen LogP contribution is 2.44. The minimum Gasteiger partial charge on any atom is -0.503 e. The molecular weight excluding hydrogens is 470 g/mol. The van der Waals surface area contributed by atoms with Gasteiger partial charge in [0.2, 0.25) is 5.78 Å².